The maximum atomic E-state index is 13.1. The minimum atomic E-state index is -3.54. The number of hydrogen-bond donors (Lipinski definition) is 0. The van der Waals surface area contributed by atoms with Crippen molar-refractivity contribution in [1.29, 1.82) is 0 Å². The molecule has 1 saturated heterocycles. The zero-order valence-corrected chi connectivity index (χ0v) is 14.7. The van der Waals surface area contributed by atoms with E-state index in [-0.39, 0.29) is 6.54 Å². The first kappa shape index (κ1) is 16.4. The fourth-order valence-electron chi connectivity index (χ4n) is 3.21. The minimum Gasteiger partial charge on any atom is -0.423 e. The molecule has 2 heterocycles. The van der Waals surface area contributed by atoms with Crippen LogP contribution in [0.5, 0.6) is 0 Å². The van der Waals surface area contributed by atoms with E-state index in [9.17, 15) is 8.42 Å². The van der Waals surface area contributed by atoms with Gasteiger partial charge in [0.1, 0.15) is 6.10 Å². The Kier molecular flexibility index (Phi) is 4.18. The molecule has 1 aromatic carbocycles. The van der Waals surface area contributed by atoms with E-state index in [0.717, 1.165) is 12.0 Å². The van der Waals surface area contributed by atoms with Gasteiger partial charge in [0, 0.05) is 20.0 Å². The molecule has 0 bridgehead atoms. The Labute approximate surface area is 146 Å². The van der Waals surface area contributed by atoms with Crippen LogP contribution in [0, 0.1) is 6.92 Å². The quantitative estimate of drug-likeness (QED) is 0.832. The maximum absolute atomic E-state index is 13.1. The number of aryl methyl sites for hydroxylation is 2. The molecule has 0 N–H and O–H groups in total. The van der Waals surface area contributed by atoms with Crippen molar-refractivity contribution >= 4 is 16.1 Å². The van der Waals surface area contributed by atoms with Gasteiger partial charge < -0.3 is 9.15 Å². The molecule has 2 aliphatic rings. The summed E-state index contributed by atoms with van der Waals surface area (Å²) in [5.41, 5.74) is 2.16. The van der Waals surface area contributed by atoms with Crippen molar-refractivity contribution in [2.45, 2.75) is 25.9 Å². The van der Waals surface area contributed by atoms with Gasteiger partial charge in [0.25, 0.3) is 0 Å². The Morgan fingerprint density at radius 1 is 1.20 bits per heavy atom. The second kappa shape index (κ2) is 6.36. The van der Waals surface area contributed by atoms with Crippen molar-refractivity contribution in [2.75, 3.05) is 19.7 Å². The lowest BCUT2D eigenvalue weighted by atomic mass is 9.98. The SMILES string of the molecule is Cc1nnc([C@@H]2CN(S(=O)(=O)C3=Cc4ccccc4CC3)CCO2)o1. The van der Waals surface area contributed by atoms with Gasteiger partial charge in [-0.05, 0) is 30.0 Å². The minimum absolute atomic E-state index is 0.183. The number of sulfonamides is 1. The standard InChI is InChI=1S/C17H19N3O4S/c1-12-18-19-17(24-12)16-11-20(8-9-23-16)25(21,22)15-7-6-13-4-2-3-5-14(13)10-15/h2-5,10,16H,6-9,11H2,1H3/t16-/m0/s1. The Balaban J connectivity index is 1.59. The van der Waals surface area contributed by atoms with Crippen molar-refractivity contribution in [2.24, 2.45) is 0 Å². The second-order valence-corrected chi connectivity index (χ2v) is 8.18. The zero-order chi connectivity index (χ0) is 17.4. The maximum Gasteiger partial charge on any atom is 0.246 e. The highest BCUT2D eigenvalue weighted by Gasteiger charge is 2.35. The Morgan fingerprint density at radius 3 is 2.84 bits per heavy atom. The lowest BCUT2D eigenvalue weighted by Gasteiger charge is -2.31. The second-order valence-electron chi connectivity index (χ2n) is 6.19. The highest BCUT2D eigenvalue weighted by Crippen LogP contribution is 2.31. The van der Waals surface area contributed by atoms with E-state index < -0.39 is 16.1 Å². The molecule has 0 spiro atoms. The molecule has 0 unspecified atom stereocenters. The largest absolute Gasteiger partial charge is 0.423 e. The number of morpholine rings is 1. The van der Waals surface area contributed by atoms with Crippen LogP contribution in [0.25, 0.3) is 6.08 Å². The van der Waals surface area contributed by atoms with Crippen LogP contribution in [0.4, 0.5) is 0 Å². The molecule has 132 valence electrons. The number of nitrogens with zero attached hydrogens (tertiary/aromatic N) is 3. The first-order chi connectivity index (χ1) is 12.0. The third-order valence-electron chi connectivity index (χ3n) is 4.53. The lowest BCUT2D eigenvalue weighted by molar-refractivity contribution is -0.0174. The average molecular weight is 361 g/mol. The predicted molar refractivity (Wildman–Crippen MR) is 91.0 cm³/mol. The summed E-state index contributed by atoms with van der Waals surface area (Å²) >= 11 is 0. The van der Waals surface area contributed by atoms with Gasteiger partial charge in [-0.3, -0.25) is 0 Å². The summed E-state index contributed by atoms with van der Waals surface area (Å²) in [6.07, 6.45) is 2.51. The number of hydrogen-bond acceptors (Lipinski definition) is 6. The number of aromatic nitrogens is 2. The van der Waals surface area contributed by atoms with E-state index >= 15 is 0 Å². The van der Waals surface area contributed by atoms with Gasteiger partial charge in [-0.15, -0.1) is 10.2 Å². The van der Waals surface area contributed by atoms with Gasteiger partial charge >= 0.3 is 0 Å². The highest BCUT2D eigenvalue weighted by molar-refractivity contribution is 7.93. The molecular weight excluding hydrogens is 342 g/mol. The summed E-state index contributed by atoms with van der Waals surface area (Å²) in [7, 11) is -3.54. The molecule has 0 radical (unpaired) electrons. The van der Waals surface area contributed by atoms with Gasteiger partial charge in [-0.1, -0.05) is 24.3 Å². The van der Waals surface area contributed by atoms with Gasteiger partial charge in [-0.25, -0.2) is 8.42 Å². The number of benzene rings is 1. The number of rotatable bonds is 3. The molecule has 0 saturated carbocycles. The molecule has 2 aromatic rings. The molecule has 1 aromatic heterocycles. The van der Waals surface area contributed by atoms with Crippen LogP contribution in [0.2, 0.25) is 0 Å². The van der Waals surface area contributed by atoms with E-state index in [2.05, 4.69) is 10.2 Å². The summed E-state index contributed by atoms with van der Waals surface area (Å²) in [6, 6.07) is 7.89. The van der Waals surface area contributed by atoms with Crippen LogP contribution in [-0.2, 0) is 21.2 Å². The molecule has 1 fully saturated rings. The third-order valence-corrected chi connectivity index (χ3v) is 6.53. The van der Waals surface area contributed by atoms with Crippen LogP contribution in [0.15, 0.2) is 33.6 Å². The molecule has 1 aliphatic heterocycles. The van der Waals surface area contributed by atoms with Crippen LogP contribution in [0.3, 0.4) is 0 Å². The average Bonchev–Trinajstić information content (AvgIpc) is 3.08. The van der Waals surface area contributed by atoms with Crippen LogP contribution in [-0.4, -0.2) is 42.6 Å². The first-order valence-corrected chi connectivity index (χ1v) is 9.68. The Bertz CT molecular complexity index is 919. The smallest absolute Gasteiger partial charge is 0.246 e. The summed E-state index contributed by atoms with van der Waals surface area (Å²) in [5.74, 6) is 0.755. The van der Waals surface area contributed by atoms with Gasteiger partial charge in [-0.2, -0.15) is 4.31 Å². The third kappa shape index (κ3) is 3.12. The van der Waals surface area contributed by atoms with Crippen molar-refractivity contribution < 1.29 is 17.6 Å². The van der Waals surface area contributed by atoms with E-state index in [1.807, 2.05) is 24.3 Å². The first-order valence-electron chi connectivity index (χ1n) is 8.24. The summed E-state index contributed by atoms with van der Waals surface area (Å²) in [4.78, 5) is 0.452. The molecule has 0 amide bonds. The molecule has 25 heavy (non-hydrogen) atoms. The molecule has 7 nitrogen and oxygen atoms in total. The van der Waals surface area contributed by atoms with E-state index in [0.29, 0.717) is 36.3 Å². The number of allylic oxidation sites excluding steroid dienone is 1. The van der Waals surface area contributed by atoms with Crippen LogP contribution in [0.1, 0.15) is 35.4 Å². The van der Waals surface area contributed by atoms with Crippen LogP contribution >= 0.6 is 0 Å². The zero-order valence-electron chi connectivity index (χ0n) is 13.9. The molecule has 4 rings (SSSR count). The predicted octanol–water partition coefficient (Wildman–Crippen LogP) is 2.07. The van der Waals surface area contributed by atoms with E-state index in [1.54, 1.807) is 13.0 Å². The highest BCUT2D eigenvalue weighted by atomic mass is 32.2. The monoisotopic (exact) mass is 361 g/mol. The number of fused-ring (bicyclic) bond motifs is 1. The molecule has 8 heteroatoms. The van der Waals surface area contributed by atoms with Gasteiger partial charge in [0.05, 0.1) is 11.5 Å². The summed E-state index contributed by atoms with van der Waals surface area (Å²) in [6.45, 7) is 2.50. The topological polar surface area (TPSA) is 85.5 Å². The molecule has 1 aliphatic carbocycles. The molecule has 1 atom stereocenters. The van der Waals surface area contributed by atoms with Crippen LogP contribution < -0.4 is 0 Å². The summed E-state index contributed by atoms with van der Waals surface area (Å²) in [5, 5.41) is 7.74. The van der Waals surface area contributed by atoms with Gasteiger partial charge in [0.15, 0.2) is 0 Å². The van der Waals surface area contributed by atoms with Crippen molar-refractivity contribution in [3.63, 3.8) is 0 Å². The number of ether oxygens (including phenoxy) is 1. The van der Waals surface area contributed by atoms with E-state index in [4.69, 9.17) is 9.15 Å². The van der Waals surface area contributed by atoms with Crippen molar-refractivity contribution in [1.82, 2.24) is 14.5 Å². The van der Waals surface area contributed by atoms with Crippen molar-refractivity contribution in [3.05, 3.63) is 52.1 Å². The fraction of sp³-hybridized carbons (Fsp3) is 0.412. The summed E-state index contributed by atoms with van der Waals surface area (Å²) < 4.78 is 38.6. The van der Waals surface area contributed by atoms with Gasteiger partial charge in [0.2, 0.25) is 21.8 Å². The normalized spacial score (nSPS) is 21.6. The van der Waals surface area contributed by atoms with E-state index in [1.165, 1.54) is 9.87 Å². The Morgan fingerprint density at radius 2 is 2.04 bits per heavy atom. The lowest BCUT2D eigenvalue weighted by Crippen LogP contribution is -2.43. The molecular formula is C17H19N3O4S. The van der Waals surface area contributed by atoms with Crippen molar-refractivity contribution in [3.8, 4) is 0 Å². The fourth-order valence-corrected chi connectivity index (χ4v) is 4.82. The Hall–Kier alpha value is -2.03.